The van der Waals surface area contributed by atoms with E-state index in [1.807, 2.05) is 6.07 Å². The van der Waals surface area contributed by atoms with Gasteiger partial charge in [-0.05, 0) is 36.6 Å². The number of carbonyl (C=O) groups is 1. The van der Waals surface area contributed by atoms with E-state index >= 15 is 0 Å². The quantitative estimate of drug-likeness (QED) is 0.742. The number of ether oxygens (including phenoxy) is 1. The predicted molar refractivity (Wildman–Crippen MR) is 92.1 cm³/mol. The van der Waals surface area contributed by atoms with Crippen LogP contribution < -0.4 is 4.74 Å². The van der Waals surface area contributed by atoms with Gasteiger partial charge < -0.3 is 9.84 Å². The summed E-state index contributed by atoms with van der Waals surface area (Å²) in [4.78, 5) is 15.8. The number of hydrogen-bond acceptors (Lipinski definition) is 3. The van der Waals surface area contributed by atoms with Gasteiger partial charge in [-0.25, -0.2) is 4.79 Å². The first-order valence-corrected chi connectivity index (χ1v) is 8.33. The van der Waals surface area contributed by atoms with E-state index in [9.17, 15) is 9.90 Å². The summed E-state index contributed by atoms with van der Waals surface area (Å²) in [6.07, 6.45) is 4.45. The van der Waals surface area contributed by atoms with Crippen LogP contribution in [0, 0.1) is 5.92 Å². The number of rotatable bonds is 8. The van der Waals surface area contributed by atoms with Gasteiger partial charge in [-0.15, -0.1) is 0 Å². The average Bonchev–Trinajstić information content (AvgIpc) is 2.54. The maximum atomic E-state index is 11.5. The highest BCUT2D eigenvalue weighted by atomic mass is 35.5. The molecule has 2 atom stereocenters. The van der Waals surface area contributed by atoms with E-state index in [1.54, 1.807) is 24.4 Å². The smallest absolute Gasteiger partial charge is 0.344 e. The third-order valence-corrected chi connectivity index (χ3v) is 4.22. The number of nitrogens with zero attached hydrogens (tertiary/aromatic N) is 1. The number of carboxylic acid groups (broad SMARTS) is 1. The lowest BCUT2D eigenvalue weighted by atomic mass is 9.97. The Bertz CT molecular complexity index is 674. The van der Waals surface area contributed by atoms with Crippen molar-refractivity contribution in [2.24, 2.45) is 5.92 Å². The van der Waals surface area contributed by atoms with Gasteiger partial charge in [-0.1, -0.05) is 44.7 Å². The van der Waals surface area contributed by atoms with E-state index in [0.29, 0.717) is 28.6 Å². The van der Waals surface area contributed by atoms with Gasteiger partial charge in [0.05, 0.1) is 5.02 Å². The Balaban J connectivity index is 2.20. The van der Waals surface area contributed by atoms with Gasteiger partial charge in [-0.3, -0.25) is 4.98 Å². The minimum absolute atomic E-state index is 0.294. The van der Waals surface area contributed by atoms with Crippen LogP contribution in [0.1, 0.15) is 39.5 Å². The highest BCUT2D eigenvalue weighted by Crippen LogP contribution is 2.31. The van der Waals surface area contributed by atoms with Crippen LogP contribution in [0.2, 0.25) is 5.02 Å². The van der Waals surface area contributed by atoms with Crippen molar-refractivity contribution < 1.29 is 14.6 Å². The van der Waals surface area contributed by atoms with Crippen molar-refractivity contribution in [2.45, 2.75) is 45.6 Å². The monoisotopic (exact) mass is 335 g/mol. The highest BCUT2D eigenvalue weighted by molar-refractivity contribution is 6.35. The van der Waals surface area contributed by atoms with Crippen molar-refractivity contribution in [3.05, 3.63) is 35.5 Å². The predicted octanol–water partition coefficient (Wildman–Crippen LogP) is 4.94. The van der Waals surface area contributed by atoms with Crippen LogP contribution in [0.3, 0.4) is 0 Å². The minimum atomic E-state index is -0.952. The number of fused-ring (bicyclic) bond motifs is 1. The molecular weight excluding hydrogens is 314 g/mol. The molecule has 1 heterocycles. The molecule has 0 bridgehead atoms. The van der Waals surface area contributed by atoms with E-state index in [-0.39, 0.29) is 0 Å². The lowest BCUT2D eigenvalue weighted by Crippen LogP contribution is -2.29. The fourth-order valence-electron chi connectivity index (χ4n) is 2.60. The van der Waals surface area contributed by atoms with Crippen LogP contribution in [-0.2, 0) is 4.79 Å². The molecular formula is C18H22ClNO3. The van der Waals surface area contributed by atoms with Crippen LogP contribution in [0.25, 0.3) is 10.9 Å². The lowest BCUT2D eigenvalue weighted by Gasteiger charge is -2.20. The molecule has 0 aliphatic rings. The van der Waals surface area contributed by atoms with E-state index in [2.05, 4.69) is 18.8 Å². The maximum Gasteiger partial charge on any atom is 0.344 e. The zero-order chi connectivity index (χ0) is 16.8. The molecule has 0 aliphatic heterocycles. The molecule has 0 spiro atoms. The number of carboxylic acids is 1. The zero-order valence-corrected chi connectivity index (χ0v) is 14.2. The number of benzene rings is 1. The van der Waals surface area contributed by atoms with Crippen LogP contribution in [0.15, 0.2) is 30.5 Å². The van der Waals surface area contributed by atoms with Crippen molar-refractivity contribution in [3.8, 4) is 5.75 Å². The number of unbranched alkanes of at least 4 members (excludes halogenated alkanes) is 1. The molecule has 23 heavy (non-hydrogen) atoms. The second kappa shape index (κ2) is 8.16. The summed E-state index contributed by atoms with van der Waals surface area (Å²) in [7, 11) is 0. The molecule has 0 amide bonds. The van der Waals surface area contributed by atoms with Crippen molar-refractivity contribution in [3.63, 3.8) is 0 Å². The standard InChI is InChI=1S/C18H22ClNO3/c1-3-4-6-12(2)11-16(18(21)22)23-15-9-8-14(19)13-7-5-10-20-17(13)15/h5,7-10,12,16H,3-4,6,11H2,1-2H3,(H,21,22). The highest BCUT2D eigenvalue weighted by Gasteiger charge is 2.23. The SMILES string of the molecule is CCCCC(C)CC(Oc1ccc(Cl)c2cccnc12)C(=O)O. The number of aliphatic carboxylic acids is 1. The Morgan fingerprint density at radius 3 is 2.87 bits per heavy atom. The van der Waals surface area contributed by atoms with Gasteiger partial charge in [0, 0.05) is 11.6 Å². The van der Waals surface area contributed by atoms with Crippen LogP contribution in [-0.4, -0.2) is 22.2 Å². The number of aromatic nitrogens is 1. The third kappa shape index (κ3) is 4.58. The van der Waals surface area contributed by atoms with E-state index < -0.39 is 12.1 Å². The fraction of sp³-hybridized carbons (Fsp3) is 0.444. The zero-order valence-electron chi connectivity index (χ0n) is 13.5. The number of hydrogen-bond donors (Lipinski definition) is 1. The molecule has 2 rings (SSSR count). The summed E-state index contributed by atoms with van der Waals surface area (Å²) in [6, 6.07) is 7.03. The minimum Gasteiger partial charge on any atom is -0.479 e. The molecule has 1 aromatic heterocycles. The van der Waals surface area contributed by atoms with Gasteiger partial charge in [-0.2, -0.15) is 0 Å². The Morgan fingerprint density at radius 1 is 1.39 bits per heavy atom. The van der Waals surface area contributed by atoms with Gasteiger partial charge in [0.1, 0.15) is 11.3 Å². The number of halogens is 1. The Hall–Kier alpha value is -1.81. The average molecular weight is 336 g/mol. The van der Waals surface area contributed by atoms with E-state index in [0.717, 1.165) is 24.6 Å². The van der Waals surface area contributed by atoms with Gasteiger partial charge in [0.15, 0.2) is 6.10 Å². The van der Waals surface area contributed by atoms with E-state index in [4.69, 9.17) is 16.3 Å². The Kier molecular flexibility index (Phi) is 6.22. The normalized spacial score (nSPS) is 13.7. The Labute approximate surface area is 141 Å². The second-order valence-corrected chi connectivity index (χ2v) is 6.28. The molecule has 1 aromatic carbocycles. The molecule has 0 saturated carbocycles. The first kappa shape index (κ1) is 17.5. The first-order valence-electron chi connectivity index (χ1n) is 7.95. The molecule has 5 heteroatoms. The fourth-order valence-corrected chi connectivity index (χ4v) is 2.81. The molecule has 0 aliphatic carbocycles. The van der Waals surface area contributed by atoms with Gasteiger partial charge in [0.2, 0.25) is 0 Å². The summed E-state index contributed by atoms with van der Waals surface area (Å²) < 4.78 is 5.77. The molecule has 1 N–H and O–H groups in total. The topological polar surface area (TPSA) is 59.4 Å². The van der Waals surface area contributed by atoms with Crippen LogP contribution >= 0.6 is 11.6 Å². The van der Waals surface area contributed by atoms with Crippen molar-refractivity contribution in [1.82, 2.24) is 4.98 Å². The molecule has 0 fully saturated rings. The van der Waals surface area contributed by atoms with Gasteiger partial charge >= 0.3 is 5.97 Å². The van der Waals surface area contributed by atoms with Crippen LogP contribution in [0.4, 0.5) is 0 Å². The van der Waals surface area contributed by atoms with Crippen molar-refractivity contribution in [2.75, 3.05) is 0 Å². The second-order valence-electron chi connectivity index (χ2n) is 5.87. The summed E-state index contributed by atoms with van der Waals surface area (Å²) in [5.41, 5.74) is 0.590. The lowest BCUT2D eigenvalue weighted by molar-refractivity contribution is -0.145. The summed E-state index contributed by atoms with van der Waals surface area (Å²) in [5.74, 6) is -0.199. The summed E-state index contributed by atoms with van der Waals surface area (Å²) in [6.45, 7) is 4.19. The summed E-state index contributed by atoms with van der Waals surface area (Å²) in [5, 5.41) is 10.8. The maximum absolute atomic E-state index is 11.5. The first-order chi connectivity index (χ1) is 11.0. The van der Waals surface area contributed by atoms with E-state index in [1.165, 1.54) is 0 Å². The van der Waals surface area contributed by atoms with Crippen molar-refractivity contribution >= 4 is 28.5 Å². The largest absolute Gasteiger partial charge is 0.479 e. The van der Waals surface area contributed by atoms with Crippen molar-refractivity contribution in [1.29, 1.82) is 0 Å². The molecule has 4 nitrogen and oxygen atoms in total. The van der Waals surface area contributed by atoms with Crippen LogP contribution in [0.5, 0.6) is 5.75 Å². The number of pyridine rings is 1. The molecule has 2 aromatic rings. The summed E-state index contributed by atoms with van der Waals surface area (Å²) >= 11 is 6.16. The Morgan fingerprint density at radius 2 is 2.17 bits per heavy atom. The molecule has 0 saturated heterocycles. The van der Waals surface area contributed by atoms with Gasteiger partial charge in [0.25, 0.3) is 0 Å². The molecule has 0 radical (unpaired) electrons. The molecule has 124 valence electrons. The third-order valence-electron chi connectivity index (χ3n) is 3.89. The molecule has 2 unspecified atom stereocenters.